The predicted molar refractivity (Wildman–Crippen MR) is 65.6 cm³/mol. The Bertz CT molecular complexity index is 338. The zero-order valence-corrected chi connectivity index (χ0v) is 10.2. The van der Waals surface area contributed by atoms with Gasteiger partial charge in [0.1, 0.15) is 0 Å². The van der Waals surface area contributed by atoms with E-state index in [1.807, 2.05) is 30.3 Å². The lowest BCUT2D eigenvalue weighted by Gasteiger charge is -2.19. The van der Waals surface area contributed by atoms with E-state index in [2.05, 4.69) is 5.32 Å². The number of ether oxygens (including phenoxy) is 1. The average molecular weight is 237 g/mol. The fraction of sp³-hybridized carbons (Fsp3) is 0.462. The van der Waals surface area contributed by atoms with Gasteiger partial charge in [0.25, 0.3) is 0 Å². The molecule has 4 heteroatoms. The van der Waals surface area contributed by atoms with Crippen molar-refractivity contribution in [1.82, 2.24) is 5.32 Å². The molecule has 0 fully saturated rings. The second kappa shape index (κ2) is 6.91. The standard InChI is InChI=1S/C13H19NO3/c1-10(2)17-13(16)14-12(8-9-15)11-6-4-3-5-7-11/h3-7,10,12,15H,8-9H2,1-2H3,(H,14,16). The first kappa shape index (κ1) is 13.5. The maximum atomic E-state index is 11.5. The van der Waals surface area contributed by atoms with Crippen LogP contribution >= 0.6 is 0 Å². The topological polar surface area (TPSA) is 58.6 Å². The average Bonchev–Trinajstić information content (AvgIpc) is 2.28. The fourth-order valence-electron chi connectivity index (χ4n) is 1.53. The summed E-state index contributed by atoms with van der Waals surface area (Å²) >= 11 is 0. The highest BCUT2D eigenvalue weighted by Crippen LogP contribution is 2.16. The Morgan fingerprint density at radius 3 is 2.53 bits per heavy atom. The molecule has 1 rings (SSSR count). The molecule has 0 aliphatic heterocycles. The highest BCUT2D eigenvalue weighted by Gasteiger charge is 2.15. The van der Waals surface area contributed by atoms with Gasteiger partial charge in [-0.3, -0.25) is 0 Å². The molecule has 0 radical (unpaired) electrons. The number of hydrogen-bond donors (Lipinski definition) is 2. The van der Waals surface area contributed by atoms with Crippen LogP contribution in [0.4, 0.5) is 4.79 Å². The number of carbonyl (C=O) groups is 1. The first-order valence-electron chi connectivity index (χ1n) is 5.76. The Kier molecular flexibility index (Phi) is 5.49. The molecule has 0 spiro atoms. The number of alkyl carbamates (subject to hydrolysis) is 1. The second-order valence-electron chi connectivity index (χ2n) is 4.07. The molecule has 17 heavy (non-hydrogen) atoms. The van der Waals surface area contributed by atoms with Crippen LogP contribution in [-0.4, -0.2) is 23.9 Å². The molecule has 1 aromatic carbocycles. The molecule has 1 aromatic rings. The van der Waals surface area contributed by atoms with Crippen molar-refractivity contribution >= 4 is 6.09 Å². The minimum absolute atomic E-state index is 0.0154. The van der Waals surface area contributed by atoms with Gasteiger partial charge >= 0.3 is 6.09 Å². The van der Waals surface area contributed by atoms with Crippen LogP contribution in [0.25, 0.3) is 0 Å². The largest absolute Gasteiger partial charge is 0.447 e. The van der Waals surface area contributed by atoms with Gasteiger partial charge < -0.3 is 15.2 Å². The summed E-state index contributed by atoms with van der Waals surface area (Å²) in [5.74, 6) is 0. The van der Waals surface area contributed by atoms with Crippen molar-refractivity contribution in [3.8, 4) is 0 Å². The summed E-state index contributed by atoms with van der Waals surface area (Å²) in [5.41, 5.74) is 0.960. The molecule has 1 amide bonds. The molecule has 1 atom stereocenters. The SMILES string of the molecule is CC(C)OC(=O)NC(CCO)c1ccccc1. The van der Waals surface area contributed by atoms with E-state index in [1.54, 1.807) is 13.8 Å². The Morgan fingerprint density at radius 2 is 2.00 bits per heavy atom. The van der Waals surface area contributed by atoms with Crippen LogP contribution in [0.3, 0.4) is 0 Å². The van der Waals surface area contributed by atoms with Crippen molar-refractivity contribution < 1.29 is 14.6 Å². The van der Waals surface area contributed by atoms with Crippen molar-refractivity contribution in [2.24, 2.45) is 0 Å². The molecule has 4 nitrogen and oxygen atoms in total. The van der Waals surface area contributed by atoms with Gasteiger partial charge in [-0.1, -0.05) is 30.3 Å². The van der Waals surface area contributed by atoms with E-state index in [-0.39, 0.29) is 18.8 Å². The molecule has 0 aliphatic carbocycles. The van der Waals surface area contributed by atoms with Crippen LogP contribution in [-0.2, 0) is 4.74 Å². The highest BCUT2D eigenvalue weighted by molar-refractivity contribution is 5.68. The van der Waals surface area contributed by atoms with Crippen LogP contribution < -0.4 is 5.32 Å². The van der Waals surface area contributed by atoms with Crippen molar-refractivity contribution in [3.05, 3.63) is 35.9 Å². The van der Waals surface area contributed by atoms with Gasteiger partial charge in [-0.05, 0) is 25.8 Å². The lowest BCUT2D eigenvalue weighted by atomic mass is 10.0. The summed E-state index contributed by atoms with van der Waals surface area (Å²) < 4.78 is 5.02. The Labute approximate surface area is 102 Å². The normalized spacial score (nSPS) is 12.2. The Morgan fingerprint density at radius 1 is 1.35 bits per heavy atom. The summed E-state index contributed by atoms with van der Waals surface area (Å²) in [4.78, 5) is 11.5. The first-order valence-corrected chi connectivity index (χ1v) is 5.76. The van der Waals surface area contributed by atoms with E-state index in [0.29, 0.717) is 6.42 Å². The predicted octanol–water partition coefficient (Wildman–Crippen LogP) is 2.24. The third-order valence-corrected chi connectivity index (χ3v) is 2.25. The lowest BCUT2D eigenvalue weighted by Crippen LogP contribution is -2.31. The zero-order valence-electron chi connectivity index (χ0n) is 10.2. The summed E-state index contributed by atoms with van der Waals surface area (Å²) in [6.45, 7) is 3.60. The van der Waals surface area contributed by atoms with Gasteiger partial charge in [0.15, 0.2) is 0 Å². The maximum Gasteiger partial charge on any atom is 0.407 e. The van der Waals surface area contributed by atoms with E-state index in [0.717, 1.165) is 5.56 Å². The molecule has 0 saturated carbocycles. The molecule has 0 heterocycles. The number of carbonyl (C=O) groups excluding carboxylic acids is 1. The van der Waals surface area contributed by atoms with Crippen LogP contribution in [0.2, 0.25) is 0 Å². The zero-order chi connectivity index (χ0) is 12.7. The van der Waals surface area contributed by atoms with Crippen LogP contribution in [0.5, 0.6) is 0 Å². The second-order valence-corrected chi connectivity index (χ2v) is 4.07. The number of nitrogens with one attached hydrogen (secondary N) is 1. The lowest BCUT2D eigenvalue weighted by molar-refractivity contribution is 0.110. The number of rotatable bonds is 5. The monoisotopic (exact) mass is 237 g/mol. The van der Waals surface area contributed by atoms with Crippen molar-refractivity contribution in [2.45, 2.75) is 32.4 Å². The van der Waals surface area contributed by atoms with Gasteiger partial charge in [0.2, 0.25) is 0 Å². The molecule has 0 bridgehead atoms. The molecule has 0 aromatic heterocycles. The summed E-state index contributed by atoms with van der Waals surface area (Å²) in [6.07, 6.45) is -0.139. The van der Waals surface area contributed by atoms with Crippen LogP contribution in [0, 0.1) is 0 Å². The van der Waals surface area contributed by atoms with E-state index < -0.39 is 6.09 Å². The van der Waals surface area contributed by atoms with E-state index in [4.69, 9.17) is 9.84 Å². The number of amides is 1. The molecular formula is C13H19NO3. The molecule has 0 aliphatic rings. The number of hydrogen-bond acceptors (Lipinski definition) is 3. The highest BCUT2D eigenvalue weighted by atomic mass is 16.6. The maximum absolute atomic E-state index is 11.5. The third kappa shape index (κ3) is 4.87. The molecule has 94 valence electrons. The molecule has 0 saturated heterocycles. The van der Waals surface area contributed by atoms with Gasteiger partial charge in [0, 0.05) is 6.61 Å². The fourth-order valence-corrected chi connectivity index (χ4v) is 1.53. The van der Waals surface area contributed by atoms with Crippen LogP contribution in [0.15, 0.2) is 30.3 Å². The van der Waals surface area contributed by atoms with Gasteiger partial charge in [-0.2, -0.15) is 0 Å². The van der Waals surface area contributed by atoms with E-state index >= 15 is 0 Å². The Balaban J connectivity index is 2.64. The third-order valence-electron chi connectivity index (χ3n) is 2.25. The van der Waals surface area contributed by atoms with Crippen LogP contribution in [0.1, 0.15) is 31.9 Å². The van der Waals surface area contributed by atoms with Gasteiger partial charge in [0.05, 0.1) is 12.1 Å². The number of aliphatic hydroxyl groups is 1. The number of benzene rings is 1. The summed E-state index contributed by atoms with van der Waals surface area (Å²) in [7, 11) is 0. The minimum Gasteiger partial charge on any atom is -0.447 e. The van der Waals surface area contributed by atoms with Gasteiger partial charge in [-0.25, -0.2) is 4.79 Å². The molecule has 1 unspecified atom stereocenters. The quantitative estimate of drug-likeness (QED) is 0.825. The molecule has 2 N–H and O–H groups in total. The Hall–Kier alpha value is -1.55. The first-order chi connectivity index (χ1) is 8.13. The number of aliphatic hydroxyl groups excluding tert-OH is 1. The van der Waals surface area contributed by atoms with E-state index in [1.165, 1.54) is 0 Å². The smallest absolute Gasteiger partial charge is 0.407 e. The van der Waals surface area contributed by atoms with Crippen molar-refractivity contribution in [1.29, 1.82) is 0 Å². The minimum atomic E-state index is -0.456. The van der Waals surface area contributed by atoms with E-state index in [9.17, 15) is 4.79 Å². The summed E-state index contributed by atoms with van der Waals surface area (Å²) in [6, 6.07) is 9.31. The summed E-state index contributed by atoms with van der Waals surface area (Å²) in [5, 5.41) is 11.7. The van der Waals surface area contributed by atoms with Crippen molar-refractivity contribution in [2.75, 3.05) is 6.61 Å². The van der Waals surface area contributed by atoms with Gasteiger partial charge in [-0.15, -0.1) is 0 Å². The molecular weight excluding hydrogens is 218 g/mol. The van der Waals surface area contributed by atoms with Crippen molar-refractivity contribution in [3.63, 3.8) is 0 Å².